The van der Waals surface area contributed by atoms with E-state index >= 15 is 0 Å². The van der Waals surface area contributed by atoms with Gasteiger partial charge in [0.2, 0.25) is 0 Å². The molecule has 0 aliphatic heterocycles. The van der Waals surface area contributed by atoms with Gasteiger partial charge in [0.1, 0.15) is 21.7 Å². The molecule has 2 heterocycles. The Labute approximate surface area is 190 Å². The van der Waals surface area contributed by atoms with E-state index in [1.165, 1.54) is 24.3 Å². The average Bonchev–Trinajstić information content (AvgIpc) is 3.25. The Balaban J connectivity index is 1.61. The molecule has 0 aliphatic rings. The highest BCUT2D eigenvalue weighted by molar-refractivity contribution is 7.93. The largest absolute Gasteiger partial charge is 0.337 e. The van der Waals surface area contributed by atoms with Gasteiger partial charge in [-0.2, -0.15) is 8.75 Å². The molecule has 8 nitrogen and oxygen atoms in total. The van der Waals surface area contributed by atoms with E-state index in [0.717, 1.165) is 11.7 Å². The van der Waals surface area contributed by atoms with Gasteiger partial charge >= 0.3 is 0 Å². The molecular formula is C20H12ClFN6O2S2. The molecule has 12 heteroatoms. The molecule has 0 unspecified atom stereocenters. The van der Waals surface area contributed by atoms with Crippen LogP contribution in [0.2, 0.25) is 5.02 Å². The SMILES string of the molecule is O=S(=O)(Nc1nc2ccccc2nc1Nc1ccc(F)c(Cl)c1)c1cccc2nsnc12. The van der Waals surface area contributed by atoms with Crippen molar-refractivity contribution in [2.24, 2.45) is 0 Å². The zero-order valence-electron chi connectivity index (χ0n) is 16.0. The lowest BCUT2D eigenvalue weighted by atomic mass is 10.3. The van der Waals surface area contributed by atoms with Crippen molar-refractivity contribution < 1.29 is 12.8 Å². The molecule has 2 aromatic heterocycles. The molecule has 0 bridgehead atoms. The van der Waals surface area contributed by atoms with E-state index in [4.69, 9.17) is 11.6 Å². The molecule has 0 amide bonds. The molecule has 0 aliphatic carbocycles. The van der Waals surface area contributed by atoms with Gasteiger partial charge in [0.25, 0.3) is 10.0 Å². The second-order valence-electron chi connectivity index (χ2n) is 6.66. The number of hydrogen-bond donors (Lipinski definition) is 2. The van der Waals surface area contributed by atoms with Gasteiger partial charge in [0, 0.05) is 5.69 Å². The first-order valence-electron chi connectivity index (χ1n) is 9.14. The average molecular weight is 487 g/mol. The molecule has 0 spiro atoms. The van der Waals surface area contributed by atoms with Crippen LogP contribution in [0, 0.1) is 5.82 Å². The van der Waals surface area contributed by atoms with E-state index in [1.807, 2.05) is 0 Å². The quantitative estimate of drug-likeness (QED) is 0.361. The second kappa shape index (κ2) is 7.93. The Morgan fingerprint density at radius 2 is 1.59 bits per heavy atom. The van der Waals surface area contributed by atoms with Crippen LogP contribution < -0.4 is 10.0 Å². The minimum Gasteiger partial charge on any atom is -0.337 e. The highest BCUT2D eigenvalue weighted by atomic mass is 35.5. The molecular weight excluding hydrogens is 475 g/mol. The van der Waals surface area contributed by atoms with Crippen molar-refractivity contribution in [2.45, 2.75) is 4.90 Å². The maximum atomic E-state index is 13.5. The van der Waals surface area contributed by atoms with Crippen LogP contribution >= 0.6 is 23.3 Å². The van der Waals surface area contributed by atoms with Crippen molar-refractivity contribution >= 4 is 72.7 Å². The lowest BCUT2D eigenvalue weighted by molar-refractivity contribution is 0.601. The normalized spacial score (nSPS) is 11.7. The summed E-state index contributed by atoms with van der Waals surface area (Å²) in [6.07, 6.45) is 0. The zero-order chi connectivity index (χ0) is 22.3. The van der Waals surface area contributed by atoms with Crippen LogP contribution in [0.5, 0.6) is 0 Å². The van der Waals surface area contributed by atoms with Crippen LogP contribution in [0.4, 0.5) is 21.7 Å². The fourth-order valence-electron chi connectivity index (χ4n) is 3.05. The van der Waals surface area contributed by atoms with E-state index in [-0.39, 0.29) is 27.1 Å². The molecule has 160 valence electrons. The Kier molecular flexibility index (Phi) is 5.08. The molecule has 5 aromatic rings. The van der Waals surface area contributed by atoms with Crippen LogP contribution in [0.3, 0.4) is 0 Å². The molecule has 5 rings (SSSR count). The van der Waals surface area contributed by atoms with E-state index in [2.05, 4.69) is 28.8 Å². The minimum atomic E-state index is -4.08. The first-order valence-corrected chi connectivity index (χ1v) is 11.7. The topological polar surface area (TPSA) is 110 Å². The molecule has 0 saturated carbocycles. The molecule has 0 fully saturated rings. The third kappa shape index (κ3) is 3.81. The highest BCUT2D eigenvalue weighted by Crippen LogP contribution is 2.30. The number of sulfonamides is 1. The fourth-order valence-corrected chi connectivity index (χ4v) is 5.01. The summed E-state index contributed by atoms with van der Waals surface area (Å²) >= 11 is 6.79. The monoisotopic (exact) mass is 486 g/mol. The zero-order valence-corrected chi connectivity index (χ0v) is 18.3. The number of benzene rings is 3. The van der Waals surface area contributed by atoms with E-state index in [0.29, 0.717) is 22.2 Å². The Morgan fingerprint density at radius 1 is 0.875 bits per heavy atom. The maximum Gasteiger partial charge on any atom is 0.265 e. The van der Waals surface area contributed by atoms with Gasteiger partial charge in [-0.15, -0.1) is 0 Å². The molecule has 32 heavy (non-hydrogen) atoms. The number of halogens is 2. The predicted octanol–water partition coefficient (Wildman–Crippen LogP) is 4.97. The number of fused-ring (bicyclic) bond motifs is 2. The molecule has 2 N–H and O–H groups in total. The van der Waals surface area contributed by atoms with Gasteiger partial charge in [-0.1, -0.05) is 29.8 Å². The van der Waals surface area contributed by atoms with Crippen molar-refractivity contribution in [1.29, 1.82) is 0 Å². The summed E-state index contributed by atoms with van der Waals surface area (Å²) in [7, 11) is -4.08. The number of anilines is 3. The fraction of sp³-hybridized carbons (Fsp3) is 0. The Morgan fingerprint density at radius 3 is 2.34 bits per heavy atom. The van der Waals surface area contributed by atoms with Crippen LogP contribution in [0.1, 0.15) is 0 Å². The number of aromatic nitrogens is 4. The third-order valence-corrected chi connectivity index (χ3v) is 6.73. The summed E-state index contributed by atoms with van der Waals surface area (Å²) in [5.41, 5.74) is 2.17. The number of hydrogen-bond acceptors (Lipinski definition) is 8. The van der Waals surface area contributed by atoms with Gasteiger partial charge < -0.3 is 5.32 Å². The summed E-state index contributed by atoms with van der Waals surface area (Å²) < 4.78 is 50.6. The second-order valence-corrected chi connectivity index (χ2v) is 9.24. The van der Waals surface area contributed by atoms with Crippen molar-refractivity contribution in [1.82, 2.24) is 18.7 Å². The smallest absolute Gasteiger partial charge is 0.265 e. The number of para-hydroxylation sites is 2. The lowest BCUT2D eigenvalue weighted by Crippen LogP contribution is -2.16. The predicted molar refractivity (Wildman–Crippen MR) is 122 cm³/mol. The summed E-state index contributed by atoms with van der Waals surface area (Å²) in [5, 5.41) is 2.87. The first kappa shape index (κ1) is 20.5. The van der Waals surface area contributed by atoms with Gasteiger partial charge in [0.15, 0.2) is 11.6 Å². The van der Waals surface area contributed by atoms with Gasteiger partial charge in [-0.25, -0.2) is 22.8 Å². The number of nitrogens with one attached hydrogen (secondary N) is 2. The summed E-state index contributed by atoms with van der Waals surface area (Å²) in [5.74, 6) is -0.490. The van der Waals surface area contributed by atoms with Crippen LogP contribution in [-0.2, 0) is 10.0 Å². The van der Waals surface area contributed by atoms with Crippen LogP contribution in [-0.4, -0.2) is 27.1 Å². The van der Waals surface area contributed by atoms with Crippen molar-refractivity contribution in [3.8, 4) is 0 Å². The number of rotatable bonds is 5. The van der Waals surface area contributed by atoms with Gasteiger partial charge in [-0.05, 0) is 42.5 Å². The molecule has 3 aromatic carbocycles. The highest BCUT2D eigenvalue weighted by Gasteiger charge is 2.23. The van der Waals surface area contributed by atoms with Crippen molar-refractivity contribution in [2.75, 3.05) is 10.0 Å². The van der Waals surface area contributed by atoms with Crippen molar-refractivity contribution in [3.63, 3.8) is 0 Å². The summed E-state index contributed by atoms with van der Waals surface area (Å²) in [6, 6.07) is 15.7. The van der Waals surface area contributed by atoms with Crippen LogP contribution in [0.15, 0.2) is 65.6 Å². The van der Waals surface area contributed by atoms with E-state index in [1.54, 1.807) is 36.4 Å². The van der Waals surface area contributed by atoms with Crippen molar-refractivity contribution in [3.05, 3.63) is 71.5 Å². The standard InChI is InChI=1S/C20H12ClFN6O2S2/c21-12-10-11(8-9-13(12)22)23-19-20(25-15-5-2-1-4-14(15)24-19)28-32(29,30)17-7-3-6-16-18(17)27-31-26-16/h1-10H,(H,23,24)(H,25,28). The molecule has 0 radical (unpaired) electrons. The molecule has 0 saturated heterocycles. The van der Waals surface area contributed by atoms with Crippen LogP contribution in [0.25, 0.3) is 22.1 Å². The van der Waals surface area contributed by atoms with Gasteiger partial charge in [0.05, 0.1) is 27.8 Å². The Bertz CT molecular complexity index is 1590. The summed E-state index contributed by atoms with van der Waals surface area (Å²) in [4.78, 5) is 8.89. The Hall–Kier alpha value is -3.41. The van der Waals surface area contributed by atoms with Gasteiger partial charge in [-0.3, -0.25) is 4.72 Å². The summed E-state index contributed by atoms with van der Waals surface area (Å²) in [6.45, 7) is 0. The lowest BCUT2D eigenvalue weighted by Gasteiger charge is -2.14. The number of nitrogens with zero attached hydrogens (tertiary/aromatic N) is 4. The maximum absolute atomic E-state index is 13.5. The van der Waals surface area contributed by atoms with E-state index < -0.39 is 15.8 Å². The first-order chi connectivity index (χ1) is 15.4. The molecule has 0 atom stereocenters. The minimum absolute atomic E-state index is 0.0329. The third-order valence-electron chi connectivity index (χ3n) is 4.52. The van der Waals surface area contributed by atoms with E-state index in [9.17, 15) is 12.8 Å².